The maximum Gasteiger partial charge on any atom is 0.341 e. The Morgan fingerprint density at radius 3 is 2.47 bits per heavy atom. The van der Waals surface area contributed by atoms with Gasteiger partial charge in [-0.25, -0.2) is 4.79 Å². The molecule has 0 aliphatic rings. The predicted molar refractivity (Wildman–Crippen MR) is 135 cm³/mol. The molecule has 0 saturated carbocycles. The maximum atomic E-state index is 12.8. The first-order valence-corrected chi connectivity index (χ1v) is 11.4. The summed E-state index contributed by atoms with van der Waals surface area (Å²) in [5.74, 6) is -1.10. The van der Waals surface area contributed by atoms with E-state index in [1.807, 2.05) is 37.3 Å². The molecule has 0 aliphatic carbocycles. The number of rotatable bonds is 6. The zero-order valence-electron chi connectivity index (χ0n) is 18.6. The smallest absolute Gasteiger partial charge is 0.341 e. The van der Waals surface area contributed by atoms with Gasteiger partial charge in [-0.2, -0.15) is 0 Å². The van der Waals surface area contributed by atoms with Crippen LogP contribution in [0.15, 0.2) is 48.5 Å². The number of carbonyl (C=O) groups is 2. The summed E-state index contributed by atoms with van der Waals surface area (Å²) in [5, 5.41) is 14.6. The van der Waals surface area contributed by atoms with Crippen LogP contribution >= 0.6 is 23.6 Å². The minimum atomic E-state index is -0.606. The molecule has 11 heteroatoms. The van der Waals surface area contributed by atoms with Gasteiger partial charge in [-0.3, -0.25) is 25.8 Å². The zero-order valence-corrected chi connectivity index (χ0v) is 20.3. The van der Waals surface area contributed by atoms with E-state index < -0.39 is 16.8 Å². The van der Waals surface area contributed by atoms with Gasteiger partial charge in [0.2, 0.25) is 0 Å². The van der Waals surface area contributed by atoms with E-state index in [4.69, 9.17) is 17.0 Å². The van der Waals surface area contributed by atoms with E-state index in [1.54, 1.807) is 13.8 Å². The molecular weight excluding hydrogens is 476 g/mol. The fraction of sp³-hybridized carbons (Fsp3) is 0.174. The molecule has 3 aromatic rings. The molecular formula is C23H22N4O5S2. The molecule has 2 aromatic carbocycles. The number of nitro groups is 1. The molecule has 0 bridgehead atoms. The lowest BCUT2D eigenvalue weighted by atomic mass is 10.0. The number of hydrogen-bond donors (Lipinski definition) is 3. The minimum Gasteiger partial charge on any atom is -0.462 e. The number of amides is 1. The number of hydrazine groups is 1. The van der Waals surface area contributed by atoms with Crippen LogP contribution in [-0.4, -0.2) is 28.5 Å². The van der Waals surface area contributed by atoms with Crippen molar-refractivity contribution in [2.75, 3.05) is 11.9 Å². The molecule has 0 spiro atoms. The van der Waals surface area contributed by atoms with Gasteiger partial charge in [0, 0.05) is 27.6 Å². The highest BCUT2D eigenvalue weighted by atomic mass is 32.1. The van der Waals surface area contributed by atoms with Gasteiger partial charge in [0.25, 0.3) is 11.6 Å². The van der Waals surface area contributed by atoms with E-state index in [2.05, 4.69) is 16.2 Å². The van der Waals surface area contributed by atoms with Crippen LogP contribution in [0, 0.1) is 24.0 Å². The third kappa shape index (κ3) is 5.56. The van der Waals surface area contributed by atoms with Crippen molar-refractivity contribution in [2.45, 2.75) is 20.8 Å². The molecule has 0 radical (unpaired) electrons. The zero-order chi connectivity index (χ0) is 24.8. The van der Waals surface area contributed by atoms with Crippen molar-refractivity contribution in [3.05, 3.63) is 80.2 Å². The summed E-state index contributed by atoms with van der Waals surface area (Å²) in [7, 11) is 0. The maximum absolute atomic E-state index is 12.8. The summed E-state index contributed by atoms with van der Waals surface area (Å²) in [5.41, 5.74) is 7.30. The highest BCUT2D eigenvalue weighted by Crippen LogP contribution is 2.40. The first-order chi connectivity index (χ1) is 16.2. The summed E-state index contributed by atoms with van der Waals surface area (Å²) in [4.78, 5) is 36.7. The lowest BCUT2D eigenvalue weighted by molar-refractivity contribution is -0.385. The second kappa shape index (κ2) is 10.9. The second-order valence-corrected chi connectivity index (χ2v) is 8.75. The summed E-state index contributed by atoms with van der Waals surface area (Å²) in [6.45, 7) is 5.42. The highest BCUT2D eigenvalue weighted by molar-refractivity contribution is 7.80. The van der Waals surface area contributed by atoms with Crippen LogP contribution in [0.2, 0.25) is 0 Å². The van der Waals surface area contributed by atoms with Crippen LogP contribution < -0.4 is 16.2 Å². The highest BCUT2D eigenvalue weighted by Gasteiger charge is 2.25. The minimum absolute atomic E-state index is 0.0290. The number of nitrogens with zero attached hydrogens (tertiary/aromatic N) is 1. The molecule has 0 aliphatic heterocycles. The molecule has 1 amide bonds. The SMILES string of the molecule is CCOC(=O)c1c(NC(=S)NNC(=O)c2ccc(C)c([N+](=O)[O-])c2)sc(C)c1-c1ccccc1. The third-order valence-electron chi connectivity index (χ3n) is 4.81. The third-order valence-corrected chi connectivity index (χ3v) is 6.04. The Morgan fingerprint density at radius 2 is 1.82 bits per heavy atom. The van der Waals surface area contributed by atoms with Crippen molar-refractivity contribution in [1.82, 2.24) is 10.9 Å². The number of carbonyl (C=O) groups excluding carboxylic acids is 2. The predicted octanol–water partition coefficient (Wildman–Crippen LogP) is 4.75. The van der Waals surface area contributed by atoms with Crippen LogP contribution in [0.1, 0.15) is 38.1 Å². The van der Waals surface area contributed by atoms with Crippen LogP contribution in [0.4, 0.5) is 10.7 Å². The Balaban J connectivity index is 1.78. The topological polar surface area (TPSA) is 123 Å². The summed E-state index contributed by atoms with van der Waals surface area (Å²) < 4.78 is 5.26. The quantitative estimate of drug-likeness (QED) is 0.193. The van der Waals surface area contributed by atoms with Gasteiger partial charge in [0.1, 0.15) is 10.6 Å². The van der Waals surface area contributed by atoms with Gasteiger partial charge in [-0.05, 0) is 44.6 Å². The molecule has 0 atom stereocenters. The number of aryl methyl sites for hydroxylation is 2. The standard InChI is InChI=1S/C23H22N4O5S2/c1-4-32-22(29)19-18(15-8-6-5-7-9-15)14(3)34-21(19)24-23(33)26-25-20(28)16-11-10-13(2)17(12-16)27(30)31/h5-12H,4H2,1-3H3,(H,25,28)(H2,24,26,33). The van der Waals surface area contributed by atoms with E-state index in [9.17, 15) is 19.7 Å². The van der Waals surface area contributed by atoms with Crippen molar-refractivity contribution in [2.24, 2.45) is 0 Å². The summed E-state index contributed by atoms with van der Waals surface area (Å²) in [6.07, 6.45) is 0. The van der Waals surface area contributed by atoms with Crippen molar-refractivity contribution < 1.29 is 19.2 Å². The fourth-order valence-corrected chi connectivity index (χ4v) is 4.54. The van der Waals surface area contributed by atoms with Gasteiger partial charge in [0.15, 0.2) is 5.11 Å². The number of esters is 1. The van der Waals surface area contributed by atoms with Gasteiger partial charge in [-0.1, -0.05) is 36.4 Å². The number of thiocarbonyl (C=S) groups is 1. The Hall–Kier alpha value is -3.83. The van der Waals surface area contributed by atoms with Crippen LogP contribution in [0.3, 0.4) is 0 Å². The fourth-order valence-electron chi connectivity index (χ4n) is 3.25. The molecule has 3 rings (SSSR count). The number of anilines is 1. The Bertz CT molecular complexity index is 1260. The van der Waals surface area contributed by atoms with E-state index >= 15 is 0 Å². The lowest BCUT2D eigenvalue weighted by Gasteiger charge is -2.13. The number of hydrogen-bond acceptors (Lipinski definition) is 7. The Morgan fingerprint density at radius 1 is 1.12 bits per heavy atom. The van der Waals surface area contributed by atoms with E-state index in [0.29, 0.717) is 16.1 Å². The van der Waals surface area contributed by atoms with E-state index in [0.717, 1.165) is 16.0 Å². The number of thiophene rings is 1. The second-order valence-electron chi connectivity index (χ2n) is 7.12. The Labute approximate surface area is 205 Å². The van der Waals surface area contributed by atoms with E-state index in [1.165, 1.54) is 29.5 Å². The van der Waals surface area contributed by atoms with Gasteiger partial charge >= 0.3 is 5.97 Å². The van der Waals surface area contributed by atoms with Gasteiger partial charge in [-0.15, -0.1) is 11.3 Å². The molecule has 0 unspecified atom stereocenters. The first-order valence-electron chi connectivity index (χ1n) is 10.2. The van der Waals surface area contributed by atoms with Gasteiger partial charge < -0.3 is 10.1 Å². The molecule has 34 heavy (non-hydrogen) atoms. The van der Waals surface area contributed by atoms with Crippen molar-refractivity contribution >= 4 is 51.2 Å². The molecule has 1 heterocycles. The van der Waals surface area contributed by atoms with Gasteiger partial charge in [0.05, 0.1) is 11.5 Å². The number of nitro benzene ring substituents is 1. The monoisotopic (exact) mass is 498 g/mol. The molecule has 0 saturated heterocycles. The molecule has 176 valence electrons. The van der Waals surface area contributed by atoms with E-state index in [-0.39, 0.29) is 23.0 Å². The molecule has 9 nitrogen and oxygen atoms in total. The lowest BCUT2D eigenvalue weighted by Crippen LogP contribution is -2.43. The number of ether oxygens (including phenoxy) is 1. The number of benzene rings is 2. The van der Waals surface area contributed by atoms with Crippen molar-refractivity contribution in [3.63, 3.8) is 0 Å². The average Bonchev–Trinajstić information content (AvgIpc) is 3.13. The van der Waals surface area contributed by atoms with Crippen LogP contribution in [0.5, 0.6) is 0 Å². The van der Waals surface area contributed by atoms with Crippen LogP contribution in [-0.2, 0) is 4.74 Å². The normalized spacial score (nSPS) is 10.3. The number of nitrogens with one attached hydrogen (secondary N) is 3. The van der Waals surface area contributed by atoms with Crippen molar-refractivity contribution in [3.8, 4) is 11.1 Å². The molecule has 1 aromatic heterocycles. The average molecular weight is 499 g/mol. The van der Waals surface area contributed by atoms with Crippen molar-refractivity contribution in [1.29, 1.82) is 0 Å². The Kier molecular flexibility index (Phi) is 7.92. The summed E-state index contributed by atoms with van der Waals surface area (Å²) in [6, 6.07) is 13.6. The molecule has 0 fully saturated rings. The largest absolute Gasteiger partial charge is 0.462 e. The first kappa shape index (κ1) is 24.8. The van der Waals surface area contributed by atoms with Crippen LogP contribution in [0.25, 0.3) is 11.1 Å². The summed E-state index contributed by atoms with van der Waals surface area (Å²) >= 11 is 6.61. The molecule has 3 N–H and O–H groups in total.